The van der Waals surface area contributed by atoms with Crippen molar-refractivity contribution in [3.05, 3.63) is 45.3 Å². The molecule has 0 saturated carbocycles. The van der Waals surface area contributed by atoms with E-state index in [-0.39, 0.29) is 0 Å². The SMILES string of the molecule is Brc1ccc2c(c1)[nH]c1ccc(Br)cc12. The molecule has 2 aromatic carbocycles. The first-order valence-electron chi connectivity index (χ1n) is 4.60. The van der Waals surface area contributed by atoms with Crippen LogP contribution in [0.5, 0.6) is 0 Å². The standard InChI is InChI=1S/C12H7Br2N/c13-7-2-4-11-10(5-7)9-3-1-8(14)6-12(9)15-11/h1-6,15H. The van der Waals surface area contributed by atoms with Crippen LogP contribution in [0.1, 0.15) is 0 Å². The normalized spacial score (nSPS) is 11.3. The summed E-state index contributed by atoms with van der Waals surface area (Å²) < 4.78 is 2.21. The Morgan fingerprint density at radius 3 is 2.33 bits per heavy atom. The van der Waals surface area contributed by atoms with Crippen molar-refractivity contribution >= 4 is 53.7 Å². The summed E-state index contributed by atoms with van der Waals surface area (Å²) >= 11 is 6.97. The van der Waals surface area contributed by atoms with Gasteiger partial charge in [0.2, 0.25) is 0 Å². The number of benzene rings is 2. The van der Waals surface area contributed by atoms with Crippen molar-refractivity contribution in [3.63, 3.8) is 0 Å². The largest absolute Gasteiger partial charge is 0.354 e. The maximum Gasteiger partial charge on any atom is 0.0476 e. The van der Waals surface area contributed by atoms with E-state index in [9.17, 15) is 0 Å². The highest BCUT2D eigenvalue weighted by Gasteiger charge is 2.04. The molecule has 0 atom stereocenters. The van der Waals surface area contributed by atoms with Crippen molar-refractivity contribution in [3.8, 4) is 0 Å². The molecule has 0 aliphatic heterocycles. The molecule has 1 aromatic heterocycles. The Labute approximate surface area is 104 Å². The molecule has 1 N–H and O–H groups in total. The second-order valence-corrected chi connectivity index (χ2v) is 5.34. The van der Waals surface area contributed by atoms with Gasteiger partial charge in [-0.05, 0) is 30.3 Å². The Morgan fingerprint density at radius 2 is 1.47 bits per heavy atom. The Morgan fingerprint density at radius 1 is 0.733 bits per heavy atom. The molecule has 0 unspecified atom stereocenters. The molecule has 3 heteroatoms. The first-order valence-corrected chi connectivity index (χ1v) is 6.19. The summed E-state index contributed by atoms with van der Waals surface area (Å²) in [7, 11) is 0. The van der Waals surface area contributed by atoms with E-state index >= 15 is 0 Å². The van der Waals surface area contributed by atoms with E-state index < -0.39 is 0 Å². The summed E-state index contributed by atoms with van der Waals surface area (Å²) in [6.45, 7) is 0. The van der Waals surface area contributed by atoms with E-state index in [1.54, 1.807) is 0 Å². The number of hydrogen-bond acceptors (Lipinski definition) is 0. The minimum absolute atomic E-state index is 1.10. The molecule has 0 saturated heterocycles. The molecule has 1 nitrogen and oxygen atoms in total. The monoisotopic (exact) mass is 323 g/mol. The summed E-state index contributed by atoms with van der Waals surface area (Å²) in [5, 5.41) is 2.52. The van der Waals surface area contributed by atoms with Crippen LogP contribution < -0.4 is 0 Å². The van der Waals surface area contributed by atoms with Crippen LogP contribution in [0.4, 0.5) is 0 Å². The van der Waals surface area contributed by atoms with Gasteiger partial charge in [0, 0.05) is 30.8 Å². The van der Waals surface area contributed by atoms with E-state index in [4.69, 9.17) is 0 Å². The Kier molecular flexibility index (Phi) is 2.11. The van der Waals surface area contributed by atoms with E-state index in [1.807, 2.05) is 6.07 Å². The molecule has 3 rings (SSSR count). The van der Waals surface area contributed by atoms with E-state index in [0.29, 0.717) is 0 Å². The molecule has 74 valence electrons. The molecule has 0 bridgehead atoms. The van der Waals surface area contributed by atoms with Crippen LogP contribution in [0.2, 0.25) is 0 Å². The van der Waals surface area contributed by atoms with E-state index in [2.05, 4.69) is 67.2 Å². The average Bonchev–Trinajstić information content (AvgIpc) is 2.54. The second kappa shape index (κ2) is 3.35. The molecule has 0 fully saturated rings. The van der Waals surface area contributed by atoms with Gasteiger partial charge in [-0.3, -0.25) is 0 Å². The lowest BCUT2D eigenvalue weighted by atomic mass is 10.2. The van der Waals surface area contributed by atoms with Gasteiger partial charge in [-0.25, -0.2) is 0 Å². The first kappa shape index (κ1) is 9.43. The van der Waals surface area contributed by atoms with Crippen LogP contribution in [0, 0.1) is 0 Å². The van der Waals surface area contributed by atoms with Crippen molar-refractivity contribution in [2.45, 2.75) is 0 Å². The quantitative estimate of drug-likeness (QED) is 0.608. The van der Waals surface area contributed by atoms with Crippen LogP contribution in [0.25, 0.3) is 21.8 Å². The topological polar surface area (TPSA) is 15.8 Å². The highest BCUT2D eigenvalue weighted by molar-refractivity contribution is 9.10. The minimum atomic E-state index is 1.10. The lowest BCUT2D eigenvalue weighted by Gasteiger charge is -1.92. The fourth-order valence-corrected chi connectivity index (χ4v) is 2.57. The number of fused-ring (bicyclic) bond motifs is 3. The van der Waals surface area contributed by atoms with Gasteiger partial charge in [0.05, 0.1) is 0 Å². The van der Waals surface area contributed by atoms with Crippen LogP contribution in [0.15, 0.2) is 45.3 Å². The van der Waals surface area contributed by atoms with Gasteiger partial charge < -0.3 is 4.98 Å². The molecule has 0 aliphatic rings. The predicted molar refractivity (Wildman–Crippen MR) is 71.2 cm³/mol. The smallest absolute Gasteiger partial charge is 0.0476 e. The first-order chi connectivity index (χ1) is 7.24. The van der Waals surface area contributed by atoms with Gasteiger partial charge in [-0.15, -0.1) is 0 Å². The van der Waals surface area contributed by atoms with Gasteiger partial charge >= 0.3 is 0 Å². The van der Waals surface area contributed by atoms with E-state index in [1.165, 1.54) is 16.3 Å². The molecule has 0 spiro atoms. The van der Waals surface area contributed by atoms with Crippen LogP contribution >= 0.6 is 31.9 Å². The zero-order valence-electron chi connectivity index (χ0n) is 7.72. The fraction of sp³-hybridized carbons (Fsp3) is 0. The summed E-state index contributed by atoms with van der Waals surface area (Å²) in [4.78, 5) is 3.40. The van der Waals surface area contributed by atoms with Crippen molar-refractivity contribution < 1.29 is 0 Å². The molecule has 0 aliphatic carbocycles. The molecule has 15 heavy (non-hydrogen) atoms. The lowest BCUT2D eigenvalue weighted by molar-refractivity contribution is 1.53. The highest BCUT2D eigenvalue weighted by Crippen LogP contribution is 2.29. The summed E-state index contributed by atoms with van der Waals surface area (Å²) in [6.07, 6.45) is 0. The number of H-pyrrole nitrogens is 1. The third-order valence-electron chi connectivity index (χ3n) is 2.52. The second-order valence-electron chi connectivity index (χ2n) is 3.50. The molecular weight excluding hydrogens is 318 g/mol. The Hall–Kier alpha value is -0.800. The Balaban J connectivity index is 2.53. The van der Waals surface area contributed by atoms with Gasteiger partial charge in [-0.1, -0.05) is 37.9 Å². The van der Waals surface area contributed by atoms with Crippen molar-refractivity contribution in [2.75, 3.05) is 0 Å². The average molecular weight is 325 g/mol. The molecule has 0 amide bonds. The maximum absolute atomic E-state index is 3.49. The molecular formula is C12H7Br2N. The third kappa shape index (κ3) is 1.50. The zero-order chi connectivity index (χ0) is 10.4. The van der Waals surface area contributed by atoms with E-state index in [0.717, 1.165) is 14.5 Å². The van der Waals surface area contributed by atoms with Gasteiger partial charge in [0.15, 0.2) is 0 Å². The lowest BCUT2D eigenvalue weighted by Crippen LogP contribution is -1.67. The summed E-state index contributed by atoms with van der Waals surface area (Å²) in [6, 6.07) is 12.6. The number of aromatic amines is 1. The number of nitrogens with one attached hydrogen (secondary N) is 1. The number of rotatable bonds is 0. The maximum atomic E-state index is 3.49. The summed E-state index contributed by atoms with van der Waals surface area (Å²) in [5.74, 6) is 0. The van der Waals surface area contributed by atoms with Gasteiger partial charge in [-0.2, -0.15) is 0 Å². The molecule has 1 heterocycles. The Bertz CT molecular complexity index is 655. The third-order valence-corrected chi connectivity index (χ3v) is 3.51. The molecule has 3 aromatic rings. The number of hydrogen-bond donors (Lipinski definition) is 1. The zero-order valence-corrected chi connectivity index (χ0v) is 10.9. The van der Waals surface area contributed by atoms with Crippen LogP contribution in [-0.4, -0.2) is 4.98 Å². The van der Waals surface area contributed by atoms with Gasteiger partial charge in [0.25, 0.3) is 0 Å². The van der Waals surface area contributed by atoms with Crippen LogP contribution in [-0.2, 0) is 0 Å². The molecule has 0 radical (unpaired) electrons. The van der Waals surface area contributed by atoms with Crippen molar-refractivity contribution in [2.24, 2.45) is 0 Å². The minimum Gasteiger partial charge on any atom is -0.354 e. The fourth-order valence-electron chi connectivity index (χ4n) is 1.85. The predicted octanol–water partition coefficient (Wildman–Crippen LogP) is 4.85. The van der Waals surface area contributed by atoms with Gasteiger partial charge in [0.1, 0.15) is 0 Å². The highest BCUT2D eigenvalue weighted by atomic mass is 79.9. The van der Waals surface area contributed by atoms with Crippen molar-refractivity contribution in [1.82, 2.24) is 4.98 Å². The van der Waals surface area contributed by atoms with Crippen molar-refractivity contribution in [1.29, 1.82) is 0 Å². The number of halogens is 2. The van der Waals surface area contributed by atoms with Crippen LogP contribution in [0.3, 0.4) is 0 Å². The number of aromatic nitrogens is 1. The summed E-state index contributed by atoms with van der Waals surface area (Å²) in [5.41, 5.74) is 2.34.